The standard InChI is InChI=1S/C12H29B2O9PS/c1-7(17)12(18)11(20-6-13)5-21-24(19,25)23-10(4-16)9(3-15)22-8(2)14/h7-12,15-18H,3-6,13-14H2,1-2H3,(H,19,25)/t7?,8?,9-,10?,11-,12?,24?/m1/s1. The molecular weight excluding hydrogens is 373 g/mol. The molecule has 0 spiro atoms. The van der Waals surface area contributed by atoms with E-state index in [0.29, 0.717) is 0 Å². The van der Waals surface area contributed by atoms with Gasteiger partial charge in [-0.1, -0.05) is 12.2 Å². The van der Waals surface area contributed by atoms with E-state index in [2.05, 4.69) is 12.2 Å². The van der Waals surface area contributed by atoms with E-state index in [1.807, 2.05) is 0 Å². The summed E-state index contributed by atoms with van der Waals surface area (Å²) >= 11 is 3.83. The van der Waals surface area contributed by atoms with Crippen LogP contribution in [0.5, 0.6) is 0 Å². The van der Waals surface area contributed by atoms with Gasteiger partial charge in [-0.2, -0.15) is 0 Å². The van der Waals surface area contributed by atoms with Crippen LogP contribution in [0.3, 0.4) is 0 Å². The van der Waals surface area contributed by atoms with Crippen LogP contribution in [0, 0.1) is 0 Å². The topological polar surface area (TPSA) is 135 Å². The first-order chi connectivity index (χ1) is 11.6. The minimum Gasteiger partial charge on any atom is -0.394 e. The predicted molar refractivity (Wildman–Crippen MR) is 100 cm³/mol. The van der Waals surface area contributed by atoms with Crippen molar-refractivity contribution in [1.82, 2.24) is 0 Å². The van der Waals surface area contributed by atoms with Crippen LogP contribution in [-0.2, 0) is 23.1 Å². The van der Waals surface area contributed by atoms with Crippen molar-refractivity contribution < 1.29 is 43.5 Å². The Morgan fingerprint density at radius 1 is 1.12 bits per heavy atom. The van der Waals surface area contributed by atoms with Crippen LogP contribution in [0.15, 0.2) is 0 Å². The molecule has 0 aromatic heterocycles. The number of rotatable bonds is 14. The Labute approximate surface area is 155 Å². The van der Waals surface area contributed by atoms with Crippen molar-refractivity contribution in [3.8, 4) is 0 Å². The van der Waals surface area contributed by atoms with Gasteiger partial charge in [-0.05, 0) is 13.8 Å². The second-order valence-electron chi connectivity index (χ2n) is 5.72. The Morgan fingerprint density at radius 2 is 1.68 bits per heavy atom. The van der Waals surface area contributed by atoms with E-state index >= 15 is 0 Å². The molecule has 0 aromatic carbocycles. The molecule has 0 amide bonds. The zero-order chi connectivity index (χ0) is 19.6. The number of ether oxygens (including phenoxy) is 2. The lowest BCUT2D eigenvalue weighted by Gasteiger charge is -2.29. The van der Waals surface area contributed by atoms with Gasteiger partial charge in [0.05, 0.1) is 25.9 Å². The highest BCUT2D eigenvalue weighted by atomic mass is 32.7. The van der Waals surface area contributed by atoms with Crippen molar-refractivity contribution in [1.29, 1.82) is 0 Å². The highest BCUT2D eigenvalue weighted by Crippen LogP contribution is 2.54. The summed E-state index contributed by atoms with van der Waals surface area (Å²) in [5.41, 5.74) is 0. The smallest absolute Gasteiger partial charge is 0.386 e. The highest BCUT2D eigenvalue weighted by Gasteiger charge is 2.33. The Kier molecular flexibility index (Phi) is 12.9. The van der Waals surface area contributed by atoms with Crippen molar-refractivity contribution in [2.45, 2.75) is 50.4 Å². The van der Waals surface area contributed by atoms with E-state index in [9.17, 15) is 25.0 Å². The number of hydrogen-bond acceptors (Lipinski definition) is 9. The van der Waals surface area contributed by atoms with Crippen molar-refractivity contribution in [2.24, 2.45) is 0 Å². The SMILES string of the molecule is BCO[C@H](COP(=O)(S)OC(CO)[C@@H](CO)OC(B)C)C(O)C(C)O. The summed E-state index contributed by atoms with van der Waals surface area (Å²) in [6.07, 6.45) is -5.31. The Balaban J connectivity index is 4.84. The maximum atomic E-state index is 12.4. The molecule has 0 aromatic rings. The number of aliphatic hydroxyl groups excluding tert-OH is 4. The van der Waals surface area contributed by atoms with Crippen LogP contribution in [0.2, 0.25) is 0 Å². The maximum absolute atomic E-state index is 12.4. The molecule has 0 heterocycles. The van der Waals surface area contributed by atoms with Crippen LogP contribution in [-0.4, -0.2) is 99.0 Å². The molecule has 0 saturated carbocycles. The fourth-order valence-electron chi connectivity index (χ4n) is 1.96. The average molecular weight is 402 g/mol. The Morgan fingerprint density at radius 3 is 2.08 bits per heavy atom. The summed E-state index contributed by atoms with van der Waals surface area (Å²) in [5.74, 6) is 0. The normalized spacial score (nSPS) is 21.7. The fraction of sp³-hybridized carbons (Fsp3) is 1.00. The van der Waals surface area contributed by atoms with Gasteiger partial charge in [0.1, 0.15) is 40.1 Å². The van der Waals surface area contributed by atoms with E-state index in [-0.39, 0.29) is 19.1 Å². The van der Waals surface area contributed by atoms with E-state index in [1.165, 1.54) is 6.92 Å². The number of aliphatic hydroxyl groups is 4. The molecule has 0 saturated heterocycles. The van der Waals surface area contributed by atoms with Gasteiger partial charge in [-0.3, -0.25) is 9.05 Å². The monoisotopic (exact) mass is 402 g/mol. The first-order valence-electron chi connectivity index (χ1n) is 8.08. The third kappa shape index (κ3) is 10.3. The van der Waals surface area contributed by atoms with Gasteiger partial charge >= 0.3 is 6.80 Å². The summed E-state index contributed by atoms with van der Waals surface area (Å²) in [5, 5.41) is 38.0. The van der Waals surface area contributed by atoms with E-state index in [0.717, 1.165) is 0 Å². The summed E-state index contributed by atoms with van der Waals surface area (Å²) in [6.45, 7) is -1.98. The lowest BCUT2D eigenvalue weighted by molar-refractivity contribution is -0.0954. The second-order valence-corrected chi connectivity index (χ2v) is 8.60. The summed E-state index contributed by atoms with van der Waals surface area (Å²) < 4.78 is 33.3. The van der Waals surface area contributed by atoms with Crippen LogP contribution in [0.4, 0.5) is 0 Å². The molecule has 0 bridgehead atoms. The Bertz CT molecular complexity index is 405. The van der Waals surface area contributed by atoms with Crippen LogP contribution in [0.25, 0.3) is 0 Å². The van der Waals surface area contributed by atoms with Gasteiger partial charge in [0.15, 0.2) is 0 Å². The van der Waals surface area contributed by atoms with Gasteiger partial charge < -0.3 is 29.9 Å². The molecule has 9 nitrogen and oxygen atoms in total. The van der Waals surface area contributed by atoms with E-state index in [4.69, 9.17) is 18.5 Å². The van der Waals surface area contributed by atoms with Gasteiger partial charge in [0.2, 0.25) is 0 Å². The van der Waals surface area contributed by atoms with Crippen LogP contribution in [0.1, 0.15) is 13.8 Å². The molecule has 25 heavy (non-hydrogen) atoms. The van der Waals surface area contributed by atoms with Gasteiger partial charge in [0, 0.05) is 12.5 Å². The summed E-state index contributed by atoms with van der Waals surface area (Å²) in [4.78, 5) is 0. The molecule has 5 unspecified atom stereocenters. The lowest BCUT2D eigenvalue weighted by atomic mass is 10.0. The molecule has 4 N–H and O–H groups in total. The first-order valence-corrected chi connectivity index (χ1v) is 10.8. The fourth-order valence-corrected chi connectivity index (χ4v) is 3.46. The van der Waals surface area contributed by atoms with Gasteiger partial charge in [0.25, 0.3) is 0 Å². The zero-order valence-corrected chi connectivity index (χ0v) is 16.8. The minimum absolute atomic E-state index is 0.240. The molecule has 0 aliphatic carbocycles. The average Bonchev–Trinajstić information content (AvgIpc) is 2.53. The third-order valence-electron chi connectivity index (χ3n) is 3.15. The highest BCUT2D eigenvalue weighted by molar-refractivity contribution is 8.44. The van der Waals surface area contributed by atoms with Gasteiger partial charge in [-0.15, -0.1) is 0 Å². The molecular formula is C12H29B2O9PS. The molecule has 148 valence electrons. The predicted octanol–water partition coefficient (Wildman–Crippen LogP) is -2.51. The minimum atomic E-state index is -3.95. The number of thiol groups is 1. The molecule has 0 aliphatic heterocycles. The Hall–Kier alpha value is 0.390. The molecule has 0 fully saturated rings. The molecule has 13 heteroatoms. The summed E-state index contributed by atoms with van der Waals surface area (Å²) in [6, 6.07) is -0.251. The number of hydrogen-bond donors (Lipinski definition) is 5. The third-order valence-corrected chi connectivity index (χ3v) is 4.79. The molecule has 0 rings (SSSR count). The quantitative estimate of drug-likeness (QED) is 0.121. The first kappa shape index (κ1) is 25.4. The zero-order valence-electron chi connectivity index (χ0n) is 15.0. The molecule has 0 radical (unpaired) electrons. The van der Waals surface area contributed by atoms with Gasteiger partial charge in [-0.25, -0.2) is 4.57 Å². The molecule has 7 atom stereocenters. The van der Waals surface area contributed by atoms with Crippen molar-refractivity contribution >= 4 is 34.7 Å². The van der Waals surface area contributed by atoms with Crippen LogP contribution < -0.4 is 0 Å². The summed E-state index contributed by atoms with van der Waals surface area (Å²) in [7, 11) is 3.42. The van der Waals surface area contributed by atoms with Crippen molar-refractivity contribution in [2.75, 3.05) is 26.3 Å². The van der Waals surface area contributed by atoms with E-state index in [1.54, 1.807) is 22.6 Å². The van der Waals surface area contributed by atoms with Crippen LogP contribution >= 0.6 is 19.0 Å². The molecule has 0 aliphatic rings. The van der Waals surface area contributed by atoms with Crippen molar-refractivity contribution in [3.63, 3.8) is 0 Å². The maximum Gasteiger partial charge on any atom is 0.386 e. The lowest BCUT2D eigenvalue weighted by Crippen LogP contribution is -2.41. The largest absolute Gasteiger partial charge is 0.394 e. The second kappa shape index (κ2) is 12.7. The van der Waals surface area contributed by atoms with E-state index < -0.39 is 50.5 Å². The van der Waals surface area contributed by atoms with Crippen molar-refractivity contribution in [3.05, 3.63) is 0 Å².